The first-order valence-electron chi connectivity index (χ1n) is 10.1. The molecule has 1 aromatic carbocycles. The standard InChI is InChI=1S/C21H29N7/c1-26(2)18-9-7-17(8-10-18)16-22-25-19-15-20(27-11-3-4-12-27)24-21(23-19)28-13-5-6-14-28/h7-10,15-16H,3-6,11-14H2,1-2H3,(H,23,24,25)/b22-16+. The van der Waals surface area contributed by atoms with Crippen molar-refractivity contribution in [2.75, 3.05) is 60.4 Å². The lowest BCUT2D eigenvalue weighted by Gasteiger charge is -2.21. The van der Waals surface area contributed by atoms with E-state index >= 15 is 0 Å². The van der Waals surface area contributed by atoms with Crippen LogP contribution in [0.15, 0.2) is 35.4 Å². The molecule has 1 aromatic heterocycles. The molecular formula is C21H29N7. The van der Waals surface area contributed by atoms with Crippen LogP contribution in [0.4, 0.5) is 23.3 Å². The van der Waals surface area contributed by atoms with E-state index in [9.17, 15) is 0 Å². The number of aromatic nitrogens is 2. The van der Waals surface area contributed by atoms with Gasteiger partial charge in [-0.25, -0.2) is 0 Å². The molecule has 4 rings (SSSR count). The van der Waals surface area contributed by atoms with Crippen molar-refractivity contribution in [2.45, 2.75) is 25.7 Å². The predicted molar refractivity (Wildman–Crippen MR) is 117 cm³/mol. The summed E-state index contributed by atoms with van der Waals surface area (Å²) in [6.07, 6.45) is 6.70. The molecular weight excluding hydrogens is 350 g/mol. The minimum Gasteiger partial charge on any atom is -0.378 e. The maximum atomic E-state index is 4.83. The average Bonchev–Trinajstić information content (AvgIpc) is 3.42. The maximum Gasteiger partial charge on any atom is 0.229 e. The molecule has 0 spiro atoms. The first-order valence-corrected chi connectivity index (χ1v) is 10.1. The van der Waals surface area contributed by atoms with E-state index in [1.807, 2.05) is 26.4 Å². The van der Waals surface area contributed by atoms with Gasteiger partial charge in [-0.15, -0.1) is 0 Å². The lowest BCUT2D eigenvalue weighted by Crippen LogP contribution is -2.24. The van der Waals surface area contributed by atoms with Gasteiger partial charge < -0.3 is 14.7 Å². The second-order valence-corrected chi connectivity index (χ2v) is 7.66. The summed E-state index contributed by atoms with van der Waals surface area (Å²) in [5.41, 5.74) is 5.33. The lowest BCUT2D eigenvalue weighted by atomic mass is 10.2. The Hall–Kier alpha value is -2.83. The normalized spacial score (nSPS) is 16.9. The number of hydrazone groups is 1. The van der Waals surface area contributed by atoms with Crippen LogP contribution in [-0.4, -0.2) is 56.5 Å². The van der Waals surface area contributed by atoms with E-state index in [-0.39, 0.29) is 0 Å². The van der Waals surface area contributed by atoms with Crippen LogP contribution < -0.4 is 20.1 Å². The second kappa shape index (κ2) is 8.46. The van der Waals surface area contributed by atoms with Crippen LogP contribution in [0.2, 0.25) is 0 Å². The Morgan fingerprint density at radius 2 is 1.57 bits per heavy atom. The molecule has 0 radical (unpaired) electrons. The molecule has 2 aromatic rings. The Morgan fingerprint density at radius 1 is 0.929 bits per heavy atom. The summed E-state index contributed by atoms with van der Waals surface area (Å²) in [5, 5.41) is 4.41. The van der Waals surface area contributed by atoms with Gasteiger partial charge in [0.1, 0.15) is 5.82 Å². The first kappa shape index (κ1) is 18.5. The topological polar surface area (TPSA) is 59.9 Å². The fourth-order valence-corrected chi connectivity index (χ4v) is 3.68. The third-order valence-corrected chi connectivity index (χ3v) is 5.32. The van der Waals surface area contributed by atoms with Crippen molar-refractivity contribution in [1.29, 1.82) is 0 Å². The predicted octanol–water partition coefficient (Wildman–Crippen LogP) is 3.19. The van der Waals surface area contributed by atoms with Gasteiger partial charge in [0.15, 0.2) is 5.82 Å². The quantitative estimate of drug-likeness (QED) is 0.614. The monoisotopic (exact) mass is 379 g/mol. The molecule has 2 aliphatic heterocycles. The Labute approximate surface area is 167 Å². The highest BCUT2D eigenvalue weighted by molar-refractivity contribution is 5.81. The van der Waals surface area contributed by atoms with Crippen molar-refractivity contribution in [3.63, 3.8) is 0 Å². The summed E-state index contributed by atoms with van der Waals surface area (Å²) in [5.74, 6) is 2.57. The molecule has 1 N–H and O–H groups in total. The smallest absolute Gasteiger partial charge is 0.229 e. The number of anilines is 4. The molecule has 0 unspecified atom stereocenters. The van der Waals surface area contributed by atoms with Crippen molar-refractivity contribution >= 4 is 29.5 Å². The van der Waals surface area contributed by atoms with Crippen molar-refractivity contribution in [3.8, 4) is 0 Å². The summed E-state index contributed by atoms with van der Waals surface area (Å²) in [6.45, 7) is 4.20. The average molecular weight is 380 g/mol. The number of rotatable bonds is 6. The maximum absolute atomic E-state index is 4.83. The molecule has 0 aliphatic carbocycles. The second-order valence-electron chi connectivity index (χ2n) is 7.66. The molecule has 7 nitrogen and oxygen atoms in total. The van der Waals surface area contributed by atoms with Gasteiger partial charge in [0.25, 0.3) is 0 Å². The molecule has 3 heterocycles. The number of hydrogen-bond acceptors (Lipinski definition) is 7. The highest BCUT2D eigenvalue weighted by atomic mass is 15.4. The summed E-state index contributed by atoms with van der Waals surface area (Å²) in [4.78, 5) is 16.2. The molecule has 2 saturated heterocycles. The van der Waals surface area contributed by atoms with Crippen LogP contribution in [0.5, 0.6) is 0 Å². The molecule has 0 saturated carbocycles. The van der Waals surface area contributed by atoms with E-state index in [1.54, 1.807) is 0 Å². The van der Waals surface area contributed by atoms with E-state index in [0.29, 0.717) is 0 Å². The Bertz CT molecular complexity index is 770. The van der Waals surface area contributed by atoms with Crippen LogP contribution in [0.25, 0.3) is 0 Å². The van der Waals surface area contributed by atoms with Gasteiger partial charge in [0, 0.05) is 52.0 Å². The van der Waals surface area contributed by atoms with Crippen LogP contribution in [0.1, 0.15) is 31.2 Å². The van der Waals surface area contributed by atoms with Crippen molar-refractivity contribution < 1.29 is 0 Å². The van der Waals surface area contributed by atoms with Gasteiger partial charge in [-0.3, -0.25) is 5.43 Å². The Kier molecular flexibility index (Phi) is 5.60. The summed E-state index contributed by atoms with van der Waals surface area (Å²) in [6, 6.07) is 10.3. The molecule has 2 fully saturated rings. The van der Waals surface area contributed by atoms with Crippen molar-refractivity contribution in [3.05, 3.63) is 35.9 Å². The van der Waals surface area contributed by atoms with E-state index in [4.69, 9.17) is 9.97 Å². The molecule has 28 heavy (non-hydrogen) atoms. The highest BCUT2D eigenvalue weighted by Crippen LogP contribution is 2.25. The van der Waals surface area contributed by atoms with E-state index in [0.717, 1.165) is 49.3 Å². The van der Waals surface area contributed by atoms with Crippen LogP contribution in [0, 0.1) is 0 Å². The largest absolute Gasteiger partial charge is 0.378 e. The van der Waals surface area contributed by atoms with Gasteiger partial charge in [-0.05, 0) is 43.4 Å². The Balaban J connectivity index is 1.50. The molecule has 148 valence electrons. The minimum absolute atomic E-state index is 0.750. The third kappa shape index (κ3) is 4.35. The Morgan fingerprint density at radius 3 is 2.21 bits per heavy atom. The number of benzene rings is 1. The van der Waals surface area contributed by atoms with Gasteiger partial charge in [-0.2, -0.15) is 15.1 Å². The molecule has 0 atom stereocenters. The zero-order valence-corrected chi connectivity index (χ0v) is 16.8. The fraction of sp³-hybridized carbons (Fsp3) is 0.476. The SMILES string of the molecule is CN(C)c1ccc(/C=N/Nc2cc(N3CCCC3)nc(N3CCCC3)n2)cc1. The minimum atomic E-state index is 0.750. The van der Waals surface area contributed by atoms with Crippen LogP contribution in [0.3, 0.4) is 0 Å². The van der Waals surface area contributed by atoms with Crippen molar-refractivity contribution in [2.24, 2.45) is 5.10 Å². The number of nitrogens with one attached hydrogen (secondary N) is 1. The van der Waals surface area contributed by atoms with Gasteiger partial charge in [-0.1, -0.05) is 12.1 Å². The molecule has 7 heteroatoms. The van der Waals surface area contributed by atoms with Gasteiger partial charge >= 0.3 is 0 Å². The number of hydrogen-bond donors (Lipinski definition) is 1. The van der Waals surface area contributed by atoms with Gasteiger partial charge in [0.05, 0.1) is 6.21 Å². The zero-order chi connectivity index (χ0) is 19.3. The van der Waals surface area contributed by atoms with Gasteiger partial charge in [0.2, 0.25) is 5.95 Å². The number of nitrogens with zero attached hydrogens (tertiary/aromatic N) is 6. The van der Waals surface area contributed by atoms with Crippen LogP contribution >= 0.6 is 0 Å². The summed E-state index contributed by atoms with van der Waals surface area (Å²) >= 11 is 0. The lowest BCUT2D eigenvalue weighted by molar-refractivity contribution is 0.871. The zero-order valence-electron chi connectivity index (χ0n) is 16.8. The summed E-state index contributed by atoms with van der Waals surface area (Å²) < 4.78 is 0. The van der Waals surface area contributed by atoms with Crippen LogP contribution in [-0.2, 0) is 0 Å². The fourth-order valence-electron chi connectivity index (χ4n) is 3.68. The van der Waals surface area contributed by atoms with Crippen molar-refractivity contribution in [1.82, 2.24) is 9.97 Å². The summed E-state index contributed by atoms with van der Waals surface area (Å²) in [7, 11) is 4.07. The van der Waals surface area contributed by atoms with E-state index in [1.165, 1.54) is 31.4 Å². The molecule has 2 aliphatic rings. The van der Waals surface area contributed by atoms with E-state index < -0.39 is 0 Å². The van der Waals surface area contributed by atoms with E-state index in [2.05, 4.69) is 49.5 Å². The molecule has 0 bridgehead atoms. The highest BCUT2D eigenvalue weighted by Gasteiger charge is 2.20. The first-order chi connectivity index (χ1) is 13.7. The molecule has 0 amide bonds. The third-order valence-electron chi connectivity index (χ3n) is 5.32.